The standard InChI is InChI=1S/C20H23N5OS/c1-15(16-6-3-2-4-7-16)21-20-23-19(24-27-20)22-17-8-5-9-18(14-17)25-10-12-26-13-11-25/h2-9,14-15H,10-13H2,1H3,(H2,21,22,23,24). The Morgan fingerprint density at radius 1 is 1.07 bits per heavy atom. The molecule has 27 heavy (non-hydrogen) atoms. The van der Waals surface area contributed by atoms with Crippen molar-refractivity contribution < 1.29 is 4.74 Å². The number of benzene rings is 2. The van der Waals surface area contributed by atoms with Crippen molar-refractivity contribution in [3.8, 4) is 0 Å². The molecule has 2 heterocycles. The van der Waals surface area contributed by atoms with Crippen molar-refractivity contribution in [1.82, 2.24) is 9.36 Å². The summed E-state index contributed by atoms with van der Waals surface area (Å²) in [6, 6.07) is 18.8. The topological polar surface area (TPSA) is 62.3 Å². The molecule has 7 heteroatoms. The van der Waals surface area contributed by atoms with Crippen LogP contribution in [0, 0.1) is 0 Å². The lowest BCUT2D eigenvalue weighted by Crippen LogP contribution is -2.36. The van der Waals surface area contributed by atoms with E-state index >= 15 is 0 Å². The van der Waals surface area contributed by atoms with Crippen LogP contribution in [0.4, 0.5) is 22.5 Å². The van der Waals surface area contributed by atoms with Gasteiger partial charge < -0.3 is 20.3 Å². The van der Waals surface area contributed by atoms with E-state index in [1.54, 1.807) is 0 Å². The highest BCUT2D eigenvalue weighted by Crippen LogP contribution is 2.25. The maximum atomic E-state index is 5.43. The minimum Gasteiger partial charge on any atom is -0.378 e. The molecule has 4 rings (SSSR count). The number of anilines is 4. The van der Waals surface area contributed by atoms with E-state index in [0.29, 0.717) is 5.95 Å². The van der Waals surface area contributed by atoms with Gasteiger partial charge in [-0.15, -0.1) is 0 Å². The summed E-state index contributed by atoms with van der Waals surface area (Å²) >= 11 is 1.36. The lowest BCUT2D eigenvalue weighted by atomic mass is 10.1. The molecule has 1 fully saturated rings. The average Bonchev–Trinajstić information content (AvgIpc) is 3.16. The van der Waals surface area contributed by atoms with Crippen molar-refractivity contribution in [1.29, 1.82) is 0 Å². The van der Waals surface area contributed by atoms with Crippen LogP contribution in [0.1, 0.15) is 18.5 Å². The van der Waals surface area contributed by atoms with Crippen molar-refractivity contribution in [2.24, 2.45) is 0 Å². The Balaban J connectivity index is 1.40. The van der Waals surface area contributed by atoms with E-state index < -0.39 is 0 Å². The molecule has 1 unspecified atom stereocenters. The van der Waals surface area contributed by atoms with E-state index in [1.807, 2.05) is 24.3 Å². The smallest absolute Gasteiger partial charge is 0.240 e. The van der Waals surface area contributed by atoms with E-state index in [4.69, 9.17) is 4.74 Å². The van der Waals surface area contributed by atoms with Gasteiger partial charge in [0.05, 0.1) is 19.3 Å². The van der Waals surface area contributed by atoms with Gasteiger partial charge >= 0.3 is 0 Å². The second-order valence-electron chi connectivity index (χ2n) is 6.47. The minimum atomic E-state index is 0.177. The van der Waals surface area contributed by atoms with Crippen molar-refractivity contribution in [3.63, 3.8) is 0 Å². The second kappa shape index (κ2) is 8.37. The third-order valence-electron chi connectivity index (χ3n) is 4.54. The second-order valence-corrected chi connectivity index (χ2v) is 7.23. The summed E-state index contributed by atoms with van der Waals surface area (Å²) in [7, 11) is 0. The van der Waals surface area contributed by atoms with E-state index in [0.717, 1.165) is 37.1 Å². The third-order valence-corrected chi connectivity index (χ3v) is 5.19. The van der Waals surface area contributed by atoms with E-state index in [2.05, 4.69) is 62.1 Å². The van der Waals surface area contributed by atoms with Gasteiger partial charge in [-0.3, -0.25) is 0 Å². The summed E-state index contributed by atoms with van der Waals surface area (Å²) in [6.45, 7) is 5.52. The summed E-state index contributed by atoms with van der Waals surface area (Å²) in [4.78, 5) is 6.90. The van der Waals surface area contributed by atoms with Crippen molar-refractivity contribution in [2.45, 2.75) is 13.0 Å². The Kier molecular flexibility index (Phi) is 5.50. The van der Waals surface area contributed by atoms with E-state index in [-0.39, 0.29) is 6.04 Å². The monoisotopic (exact) mass is 381 g/mol. The largest absolute Gasteiger partial charge is 0.378 e. The quantitative estimate of drug-likeness (QED) is 0.664. The fourth-order valence-corrected chi connectivity index (χ4v) is 3.69. The number of hydrogen-bond donors (Lipinski definition) is 2. The zero-order valence-corrected chi connectivity index (χ0v) is 16.1. The predicted molar refractivity (Wildman–Crippen MR) is 111 cm³/mol. The van der Waals surface area contributed by atoms with Crippen molar-refractivity contribution in [3.05, 3.63) is 60.2 Å². The molecule has 0 bridgehead atoms. The zero-order valence-electron chi connectivity index (χ0n) is 15.3. The van der Waals surface area contributed by atoms with Gasteiger partial charge in [0.15, 0.2) is 0 Å². The third kappa shape index (κ3) is 4.56. The molecule has 1 atom stereocenters. The van der Waals surface area contributed by atoms with E-state index in [1.165, 1.54) is 22.8 Å². The summed E-state index contributed by atoms with van der Waals surface area (Å²) in [6.07, 6.45) is 0. The summed E-state index contributed by atoms with van der Waals surface area (Å²) < 4.78 is 9.85. The SMILES string of the molecule is CC(Nc1nc(Nc2cccc(N3CCOCC3)c2)ns1)c1ccccc1. The Labute approximate surface area is 163 Å². The average molecular weight is 382 g/mol. The lowest BCUT2D eigenvalue weighted by molar-refractivity contribution is 0.122. The molecule has 1 aromatic heterocycles. The fourth-order valence-electron chi connectivity index (χ4n) is 3.07. The summed E-state index contributed by atoms with van der Waals surface area (Å²) in [5.74, 6) is 0.613. The number of nitrogens with zero attached hydrogens (tertiary/aromatic N) is 3. The normalized spacial score (nSPS) is 15.4. The first-order valence-electron chi connectivity index (χ1n) is 9.13. The highest BCUT2D eigenvalue weighted by Gasteiger charge is 2.12. The Bertz CT molecular complexity index is 864. The van der Waals surface area contributed by atoms with Gasteiger partial charge in [0.1, 0.15) is 0 Å². The number of nitrogens with one attached hydrogen (secondary N) is 2. The minimum absolute atomic E-state index is 0.177. The molecule has 1 saturated heterocycles. The number of aromatic nitrogens is 2. The van der Waals surface area contributed by atoms with Gasteiger partial charge in [-0.2, -0.15) is 9.36 Å². The Hall–Kier alpha value is -2.64. The maximum absolute atomic E-state index is 5.43. The van der Waals surface area contributed by atoms with Gasteiger partial charge in [0, 0.05) is 36.0 Å². The van der Waals surface area contributed by atoms with Gasteiger partial charge in [-0.05, 0) is 30.7 Å². The molecular formula is C20H23N5OS. The zero-order chi connectivity index (χ0) is 18.5. The molecule has 1 aliphatic heterocycles. The lowest BCUT2D eigenvalue weighted by Gasteiger charge is -2.29. The van der Waals surface area contributed by atoms with Crippen LogP contribution in [0.2, 0.25) is 0 Å². The molecule has 0 spiro atoms. The van der Waals surface area contributed by atoms with Crippen LogP contribution >= 0.6 is 11.5 Å². The van der Waals surface area contributed by atoms with E-state index in [9.17, 15) is 0 Å². The number of ether oxygens (including phenoxy) is 1. The molecule has 1 aliphatic rings. The summed E-state index contributed by atoms with van der Waals surface area (Å²) in [5, 5.41) is 7.52. The van der Waals surface area contributed by atoms with Gasteiger partial charge in [-0.1, -0.05) is 36.4 Å². The van der Waals surface area contributed by atoms with Crippen LogP contribution in [-0.4, -0.2) is 35.7 Å². The van der Waals surface area contributed by atoms with Crippen LogP contribution in [0.3, 0.4) is 0 Å². The molecule has 0 radical (unpaired) electrons. The summed E-state index contributed by atoms with van der Waals surface area (Å²) in [5.41, 5.74) is 3.40. The molecule has 3 aromatic rings. The first kappa shape index (κ1) is 17.8. The van der Waals surface area contributed by atoms with Crippen LogP contribution in [0.25, 0.3) is 0 Å². The highest BCUT2D eigenvalue weighted by atomic mass is 32.1. The molecule has 2 N–H and O–H groups in total. The predicted octanol–water partition coefficient (Wildman–Crippen LogP) is 4.29. The Morgan fingerprint density at radius 3 is 2.70 bits per heavy atom. The number of hydrogen-bond acceptors (Lipinski definition) is 7. The van der Waals surface area contributed by atoms with Crippen molar-refractivity contribution in [2.75, 3.05) is 41.8 Å². The van der Waals surface area contributed by atoms with Crippen LogP contribution in [-0.2, 0) is 4.74 Å². The molecule has 0 saturated carbocycles. The van der Waals surface area contributed by atoms with Gasteiger partial charge in [0.2, 0.25) is 11.1 Å². The molecule has 140 valence electrons. The van der Waals surface area contributed by atoms with Crippen LogP contribution in [0.15, 0.2) is 54.6 Å². The number of morpholine rings is 1. The highest BCUT2D eigenvalue weighted by molar-refractivity contribution is 7.09. The Morgan fingerprint density at radius 2 is 1.89 bits per heavy atom. The molecule has 0 aliphatic carbocycles. The fraction of sp³-hybridized carbons (Fsp3) is 0.300. The maximum Gasteiger partial charge on any atom is 0.240 e. The van der Waals surface area contributed by atoms with Crippen LogP contribution < -0.4 is 15.5 Å². The molecule has 6 nitrogen and oxygen atoms in total. The number of rotatable bonds is 6. The van der Waals surface area contributed by atoms with Crippen molar-refractivity contribution >= 4 is 34.0 Å². The van der Waals surface area contributed by atoms with Gasteiger partial charge in [-0.25, -0.2) is 0 Å². The van der Waals surface area contributed by atoms with Crippen LogP contribution in [0.5, 0.6) is 0 Å². The molecular weight excluding hydrogens is 358 g/mol. The van der Waals surface area contributed by atoms with Gasteiger partial charge in [0.25, 0.3) is 0 Å². The first-order valence-corrected chi connectivity index (χ1v) is 9.90. The molecule has 2 aromatic carbocycles. The molecule has 0 amide bonds. The first-order chi connectivity index (χ1) is 13.3.